The highest BCUT2D eigenvalue weighted by atomic mass is 35.5. The van der Waals surface area contributed by atoms with Gasteiger partial charge in [0, 0.05) is 12.6 Å². The zero-order valence-corrected chi connectivity index (χ0v) is 13.4. The number of carbonyl (C=O) groups excluding carboxylic acids is 1. The van der Waals surface area contributed by atoms with Crippen LogP contribution in [-0.4, -0.2) is 41.0 Å². The molecule has 128 valence electrons. The molecule has 1 aromatic carbocycles. The third-order valence-electron chi connectivity index (χ3n) is 3.92. The number of benzene rings is 1. The number of amides is 1. The van der Waals surface area contributed by atoms with Crippen LogP contribution in [0.25, 0.3) is 0 Å². The number of rotatable bonds is 4. The molecule has 1 saturated heterocycles. The molecule has 0 bridgehead atoms. The Kier molecular flexibility index (Phi) is 6.90. The lowest BCUT2D eigenvalue weighted by molar-refractivity contribution is -0.144. The van der Waals surface area contributed by atoms with E-state index in [1.54, 1.807) is 11.8 Å². The first kappa shape index (κ1) is 19.3. The normalized spacial score (nSPS) is 19.5. The summed E-state index contributed by atoms with van der Waals surface area (Å²) < 4.78 is 26.6. The lowest BCUT2D eigenvalue weighted by Crippen LogP contribution is -2.48. The quantitative estimate of drug-likeness (QED) is 0.877. The first-order chi connectivity index (χ1) is 10.4. The third kappa shape index (κ3) is 4.87. The van der Waals surface area contributed by atoms with Crippen molar-refractivity contribution < 1.29 is 23.5 Å². The minimum absolute atomic E-state index is 0. The van der Waals surface area contributed by atoms with Gasteiger partial charge in [0.05, 0.1) is 17.6 Å². The second-order valence-corrected chi connectivity index (χ2v) is 5.46. The Morgan fingerprint density at radius 3 is 2.74 bits per heavy atom. The summed E-state index contributed by atoms with van der Waals surface area (Å²) in [6.07, 6.45) is 1.27. The van der Waals surface area contributed by atoms with Gasteiger partial charge in [-0.3, -0.25) is 14.5 Å². The number of likely N-dealkylation sites (tertiary alicyclic amines) is 1. The van der Waals surface area contributed by atoms with Gasteiger partial charge < -0.3 is 10.4 Å². The molecule has 2 N–H and O–H groups in total. The van der Waals surface area contributed by atoms with E-state index in [9.17, 15) is 18.4 Å². The molecule has 1 aromatic rings. The second kappa shape index (κ2) is 8.21. The van der Waals surface area contributed by atoms with Gasteiger partial charge in [0.25, 0.3) is 0 Å². The zero-order chi connectivity index (χ0) is 16.3. The summed E-state index contributed by atoms with van der Waals surface area (Å²) in [6, 6.07) is 2.20. The monoisotopic (exact) mass is 348 g/mol. The first-order valence-corrected chi connectivity index (χ1v) is 7.11. The van der Waals surface area contributed by atoms with Gasteiger partial charge in [0.15, 0.2) is 0 Å². The van der Waals surface area contributed by atoms with Crippen molar-refractivity contribution in [1.29, 1.82) is 0 Å². The van der Waals surface area contributed by atoms with Gasteiger partial charge in [-0.15, -0.1) is 12.4 Å². The number of carboxylic acid groups (broad SMARTS) is 1. The average molecular weight is 349 g/mol. The van der Waals surface area contributed by atoms with E-state index < -0.39 is 35.5 Å². The van der Waals surface area contributed by atoms with Crippen molar-refractivity contribution in [3.05, 3.63) is 29.8 Å². The van der Waals surface area contributed by atoms with Gasteiger partial charge in [-0.05, 0) is 38.4 Å². The van der Waals surface area contributed by atoms with E-state index >= 15 is 0 Å². The summed E-state index contributed by atoms with van der Waals surface area (Å²) in [5, 5.41) is 11.4. The fourth-order valence-electron chi connectivity index (χ4n) is 2.56. The lowest BCUT2D eigenvalue weighted by atomic mass is 9.97. The molecule has 2 unspecified atom stereocenters. The SMILES string of the molecule is CC(C(=O)Nc1cc(F)ccc1F)N1CCCC(C(=O)O)C1.Cl. The van der Waals surface area contributed by atoms with E-state index in [2.05, 4.69) is 5.32 Å². The highest BCUT2D eigenvalue weighted by Crippen LogP contribution is 2.20. The largest absolute Gasteiger partial charge is 0.481 e. The van der Waals surface area contributed by atoms with Crippen LogP contribution in [0.5, 0.6) is 0 Å². The Morgan fingerprint density at radius 1 is 1.39 bits per heavy atom. The number of aliphatic carboxylic acids is 1. The van der Waals surface area contributed by atoms with Gasteiger partial charge in [0.2, 0.25) is 5.91 Å². The predicted molar refractivity (Wildman–Crippen MR) is 83.6 cm³/mol. The van der Waals surface area contributed by atoms with Crippen molar-refractivity contribution in [2.45, 2.75) is 25.8 Å². The van der Waals surface area contributed by atoms with Gasteiger partial charge in [0.1, 0.15) is 11.6 Å². The maximum atomic E-state index is 13.5. The molecule has 2 atom stereocenters. The molecular weight excluding hydrogens is 330 g/mol. The first-order valence-electron chi connectivity index (χ1n) is 7.11. The maximum absolute atomic E-state index is 13.5. The summed E-state index contributed by atoms with van der Waals surface area (Å²) in [6.45, 7) is 2.50. The fraction of sp³-hybridized carbons (Fsp3) is 0.467. The number of nitrogens with one attached hydrogen (secondary N) is 1. The minimum Gasteiger partial charge on any atom is -0.481 e. The zero-order valence-electron chi connectivity index (χ0n) is 12.6. The van der Waals surface area contributed by atoms with Gasteiger partial charge >= 0.3 is 5.97 Å². The molecule has 5 nitrogen and oxygen atoms in total. The van der Waals surface area contributed by atoms with Crippen LogP contribution >= 0.6 is 12.4 Å². The molecule has 1 aliphatic rings. The third-order valence-corrected chi connectivity index (χ3v) is 3.92. The van der Waals surface area contributed by atoms with E-state index in [1.807, 2.05) is 0 Å². The van der Waals surface area contributed by atoms with E-state index in [-0.39, 0.29) is 24.6 Å². The number of hydrogen-bond acceptors (Lipinski definition) is 3. The number of hydrogen-bond donors (Lipinski definition) is 2. The predicted octanol–water partition coefficient (Wildman–Crippen LogP) is 2.51. The molecule has 0 aromatic heterocycles. The summed E-state index contributed by atoms with van der Waals surface area (Å²) in [5.74, 6) is -3.24. The molecule has 0 spiro atoms. The van der Waals surface area contributed by atoms with Crippen molar-refractivity contribution in [3.8, 4) is 0 Å². The molecule has 1 heterocycles. The number of halogens is 3. The summed E-state index contributed by atoms with van der Waals surface area (Å²) in [7, 11) is 0. The summed E-state index contributed by atoms with van der Waals surface area (Å²) in [5.41, 5.74) is -0.219. The molecular formula is C15H19ClF2N2O3. The summed E-state index contributed by atoms with van der Waals surface area (Å²) >= 11 is 0. The molecule has 0 aliphatic carbocycles. The molecule has 1 fully saturated rings. The molecule has 2 rings (SSSR count). The second-order valence-electron chi connectivity index (χ2n) is 5.46. The lowest BCUT2D eigenvalue weighted by Gasteiger charge is -2.34. The van der Waals surface area contributed by atoms with Crippen LogP contribution in [0.15, 0.2) is 18.2 Å². The highest BCUT2D eigenvalue weighted by Gasteiger charge is 2.30. The van der Waals surface area contributed by atoms with Crippen molar-refractivity contribution >= 4 is 30.0 Å². The van der Waals surface area contributed by atoms with Crippen molar-refractivity contribution in [2.24, 2.45) is 5.92 Å². The van der Waals surface area contributed by atoms with E-state index in [1.165, 1.54) is 0 Å². The van der Waals surface area contributed by atoms with Crippen LogP contribution in [0, 0.1) is 17.6 Å². The fourth-order valence-corrected chi connectivity index (χ4v) is 2.56. The Hall–Kier alpha value is -1.73. The highest BCUT2D eigenvalue weighted by molar-refractivity contribution is 5.94. The van der Waals surface area contributed by atoms with E-state index in [0.717, 1.165) is 18.2 Å². The topological polar surface area (TPSA) is 69.6 Å². The molecule has 23 heavy (non-hydrogen) atoms. The number of carbonyl (C=O) groups is 2. The minimum atomic E-state index is -0.881. The van der Waals surface area contributed by atoms with Crippen LogP contribution < -0.4 is 5.32 Å². The van der Waals surface area contributed by atoms with Gasteiger partial charge in [-0.2, -0.15) is 0 Å². The molecule has 1 aliphatic heterocycles. The van der Waals surface area contributed by atoms with Crippen LogP contribution in [0.2, 0.25) is 0 Å². The number of nitrogens with zero attached hydrogens (tertiary/aromatic N) is 1. The van der Waals surface area contributed by atoms with Gasteiger partial charge in [-0.1, -0.05) is 0 Å². The van der Waals surface area contributed by atoms with Crippen molar-refractivity contribution in [2.75, 3.05) is 18.4 Å². The van der Waals surface area contributed by atoms with Crippen LogP contribution in [0.3, 0.4) is 0 Å². The average Bonchev–Trinajstić information content (AvgIpc) is 2.50. The molecule has 8 heteroatoms. The van der Waals surface area contributed by atoms with Gasteiger partial charge in [-0.25, -0.2) is 8.78 Å². The van der Waals surface area contributed by atoms with Crippen LogP contribution in [0.4, 0.5) is 14.5 Å². The summed E-state index contributed by atoms with van der Waals surface area (Å²) in [4.78, 5) is 25.0. The standard InChI is InChI=1S/C15H18F2N2O3.ClH/c1-9(19-6-2-3-10(8-19)15(21)22)14(20)18-13-7-11(16)4-5-12(13)17;/h4-5,7,9-10H,2-3,6,8H2,1H3,(H,18,20)(H,21,22);1H. The smallest absolute Gasteiger partial charge is 0.307 e. The molecule has 0 saturated carbocycles. The van der Waals surface area contributed by atoms with E-state index in [0.29, 0.717) is 19.4 Å². The number of piperidine rings is 1. The number of carboxylic acids is 1. The Bertz CT molecular complexity index is 586. The number of anilines is 1. The van der Waals surface area contributed by atoms with Crippen molar-refractivity contribution in [1.82, 2.24) is 4.90 Å². The van der Waals surface area contributed by atoms with E-state index in [4.69, 9.17) is 5.11 Å². The Labute approximate surface area is 139 Å². The van der Waals surface area contributed by atoms with Crippen LogP contribution in [-0.2, 0) is 9.59 Å². The van der Waals surface area contributed by atoms with Crippen LogP contribution in [0.1, 0.15) is 19.8 Å². The molecule has 1 amide bonds. The maximum Gasteiger partial charge on any atom is 0.307 e. The Morgan fingerprint density at radius 2 is 2.09 bits per heavy atom. The van der Waals surface area contributed by atoms with Crippen molar-refractivity contribution in [3.63, 3.8) is 0 Å². The molecule has 0 radical (unpaired) electrons. The Balaban J connectivity index is 0.00000264.